The summed E-state index contributed by atoms with van der Waals surface area (Å²) in [4.78, 5) is 13.4. The van der Waals surface area contributed by atoms with Crippen molar-refractivity contribution in [2.45, 2.75) is 6.42 Å². The van der Waals surface area contributed by atoms with Crippen LogP contribution in [0.3, 0.4) is 0 Å². The molecule has 1 aromatic heterocycles. The Kier molecular flexibility index (Phi) is 8.64. The van der Waals surface area contributed by atoms with Gasteiger partial charge in [-0.1, -0.05) is 0 Å². The monoisotopic (exact) mass is 430 g/mol. The van der Waals surface area contributed by atoms with Gasteiger partial charge in [-0.15, -0.1) is 12.4 Å². The first kappa shape index (κ1) is 22.6. The van der Waals surface area contributed by atoms with Crippen molar-refractivity contribution in [1.82, 2.24) is 19.6 Å². The first-order chi connectivity index (χ1) is 13.1. The number of benzene rings is 1. The molecule has 9 nitrogen and oxygen atoms in total. The van der Waals surface area contributed by atoms with Crippen LogP contribution in [-0.4, -0.2) is 77.1 Å². The van der Waals surface area contributed by atoms with Crippen LogP contribution in [-0.2, 0) is 11.3 Å². The van der Waals surface area contributed by atoms with Crippen molar-refractivity contribution in [1.29, 1.82) is 0 Å². The SMILES string of the molecule is COc1cc2ncnc(N3CCCN(CCNS(=O)[O-])CC3)c2cc1OC.Cl. The molecule has 0 amide bonds. The molecule has 1 unspecified atom stereocenters. The van der Waals surface area contributed by atoms with E-state index >= 15 is 0 Å². The van der Waals surface area contributed by atoms with Gasteiger partial charge in [-0.3, -0.25) is 4.21 Å². The molecule has 156 valence electrons. The van der Waals surface area contributed by atoms with Gasteiger partial charge in [0, 0.05) is 55.4 Å². The molecule has 0 radical (unpaired) electrons. The smallest absolute Gasteiger partial charge is 0.162 e. The Morgan fingerprint density at radius 2 is 1.89 bits per heavy atom. The summed E-state index contributed by atoms with van der Waals surface area (Å²) in [5.74, 6) is 2.16. The summed E-state index contributed by atoms with van der Waals surface area (Å²) >= 11 is -2.21. The maximum absolute atomic E-state index is 10.6. The number of fused-ring (bicyclic) bond motifs is 1. The lowest BCUT2D eigenvalue weighted by Crippen LogP contribution is -2.36. The minimum atomic E-state index is -2.21. The summed E-state index contributed by atoms with van der Waals surface area (Å²) < 4.78 is 34.4. The zero-order valence-electron chi connectivity index (χ0n) is 15.9. The normalized spacial score (nSPS) is 16.3. The standard InChI is InChI=1S/C17H25N5O4S.ClH/c1-25-15-10-13-14(11-16(15)26-2)18-12-19-17(13)22-6-3-5-21(8-9-22)7-4-20-27(23)24;/h10-12,20H,3-9H2,1-2H3,(H,23,24);1H/p-1. The zero-order chi connectivity index (χ0) is 19.2. The first-order valence-electron chi connectivity index (χ1n) is 8.79. The number of hydrogen-bond acceptors (Lipinski definition) is 8. The van der Waals surface area contributed by atoms with Crippen LogP contribution in [0.15, 0.2) is 18.5 Å². The van der Waals surface area contributed by atoms with Gasteiger partial charge in [0.2, 0.25) is 0 Å². The lowest BCUT2D eigenvalue weighted by atomic mass is 10.2. The number of hydrogen-bond donors (Lipinski definition) is 1. The molecule has 1 fully saturated rings. The molecule has 0 saturated carbocycles. The Labute approximate surface area is 173 Å². The van der Waals surface area contributed by atoms with Crippen molar-refractivity contribution in [2.75, 3.05) is 58.4 Å². The molecule has 1 N–H and O–H groups in total. The van der Waals surface area contributed by atoms with Gasteiger partial charge in [0.1, 0.15) is 12.1 Å². The Bertz CT molecular complexity index is 812. The molecule has 3 rings (SSSR count). The predicted molar refractivity (Wildman–Crippen MR) is 110 cm³/mol. The maximum atomic E-state index is 10.6. The Morgan fingerprint density at radius 3 is 2.61 bits per heavy atom. The Hall–Kier alpha value is -1.72. The number of halogens is 1. The second kappa shape index (κ2) is 10.7. The van der Waals surface area contributed by atoms with Crippen molar-refractivity contribution in [3.63, 3.8) is 0 Å². The maximum Gasteiger partial charge on any atom is 0.162 e. The van der Waals surface area contributed by atoms with E-state index in [0.717, 1.165) is 49.3 Å². The van der Waals surface area contributed by atoms with E-state index < -0.39 is 11.3 Å². The number of ether oxygens (including phenoxy) is 2. The van der Waals surface area contributed by atoms with Crippen LogP contribution in [0, 0.1) is 0 Å². The second-order valence-electron chi connectivity index (χ2n) is 6.23. The molecular weight excluding hydrogens is 406 g/mol. The summed E-state index contributed by atoms with van der Waals surface area (Å²) in [6.07, 6.45) is 2.54. The van der Waals surface area contributed by atoms with E-state index in [-0.39, 0.29) is 12.4 Å². The van der Waals surface area contributed by atoms with E-state index in [1.54, 1.807) is 20.5 Å². The first-order valence-corrected chi connectivity index (χ1v) is 9.86. The lowest BCUT2D eigenvalue weighted by molar-refractivity contribution is 0.298. The largest absolute Gasteiger partial charge is 0.760 e. The third-order valence-corrected chi connectivity index (χ3v) is 5.10. The molecule has 0 aliphatic carbocycles. The Morgan fingerprint density at radius 1 is 1.14 bits per heavy atom. The molecule has 2 aromatic rings. The topological polar surface area (TPSA) is 103 Å². The van der Waals surface area contributed by atoms with Crippen LogP contribution in [0.2, 0.25) is 0 Å². The fourth-order valence-corrected chi connectivity index (χ4v) is 3.57. The van der Waals surface area contributed by atoms with Crippen molar-refractivity contribution in [2.24, 2.45) is 0 Å². The molecule has 1 saturated heterocycles. The van der Waals surface area contributed by atoms with E-state index in [4.69, 9.17) is 9.47 Å². The van der Waals surface area contributed by atoms with Crippen LogP contribution < -0.4 is 19.1 Å². The number of aromatic nitrogens is 2. The summed E-state index contributed by atoms with van der Waals surface area (Å²) in [5.41, 5.74) is 0.806. The lowest BCUT2D eigenvalue weighted by Gasteiger charge is -2.24. The molecule has 1 aromatic carbocycles. The van der Waals surface area contributed by atoms with Gasteiger partial charge in [0.25, 0.3) is 0 Å². The van der Waals surface area contributed by atoms with Crippen LogP contribution in [0.1, 0.15) is 6.42 Å². The van der Waals surface area contributed by atoms with Gasteiger partial charge in [-0.25, -0.2) is 14.7 Å². The summed E-state index contributed by atoms with van der Waals surface area (Å²) in [7, 11) is 3.21. The summed E-state index contributed by atoms with van der Waals surface area (Å²) in [6.45, 7) is 4.55. The number of nitrogens with zero attached hydrogens (tertiary/aromatic N) is 4. The highest BCUT2D eigenvalue weighted by Crippen LogP contribution is 2.34. The van der Waals surface area contributed by atoms with E-state index in [2.05, 4.69) is 24.5 Å². The predicted octanol–water partition coefficient (Wildman–Crippen LogP) is 0.965. The molecule has 28 heavy (non-hydrogen) atoms. The average Bonchev–Trinajstić information content (AvgIpc) is 2.91. The van der Waals surface area contributed by atoms with Gasteiger partial charge in [0.05, 0.1) is 19.7 Å². The number of methoxy groups -OCH3 is 2. The number of anilines is 1. The number of rotatable bonds is 7. The van der Waals surface area contributed by atoms with E-state index in [1.807, 2.05) is 12.1 Å². The van der Waals surface area contributed by atoms with Crippen molar-refractivity contribution in [3.8, 4) is 11.5 Å². The minimum Gasteiger partial charge on any atom is -0.760 e. The fourth-order valence-electron chi connectivity index (χ4n) is 3.31. The molecule has 1 atom stereocenters. The third-order valence-electron chi connectivity index (χ3n) is 4.66. The van der Waals surface area contributed by atoms with Crippen LogP contribution in [0.4, 0.5) is 5.82 Å². The van der Waals surface area contributed by atoms with E-state index in [1.165, 1.54) is 0 Å². The molecule has 1 aliphatic heterocycles. The quantitative estimate of drug-likeness (QED) is 0.648. The van der Waals surface area contributed by atoms with E-state index in [0.29, 0.717) is 24.6 Å². The minimum absolute atomic E-state index is 0. The fraction of sp³-hybridized carbons (Fsp3) is 0.529. The average molecular weight is 431 g/mol. The van der Waals surface area contributed by atoms with Gasteiger partial charge in [-0.2, -0.15) is 0 Å². The highest BCUT2D eigenvalue weighted by Gasteiger charge is 2.19. The molecule has 1 aliphatic rings. The zero-order valence-corrected chi connectivity index (χ0v) is 17.6. The molecule has 11 heteroatoms. The van der Waals surface area contributed by atoms with Gasteiger partial charge in [0.15, 0.2) is 11.5 Å². The van der Waals surface area contributed by atoms with Gasteiger partial charge < -0.3 is 23.8 Å². The molecular formula is C17H25ClN5O4S-. The van der Waals surface area contributed by atoms with Crippen molar-refractivity contribution >= 4 is 40.4 Å². The van der Waals surface area contributed by atoms with Crippen molar-refractivity contribution in [3.05, 3.63) is 18.5 Å². The van der Waals surface area contributed by atoms with Crippen LogP contribution in [0.5, 0.6) is 11.5 Å². The molecule has 0 bridgehead atoms. The van der Waals surface area contributed by atoms with Gasteiger partial charge >= 0.3 is 0 Å². The van der Waals surface area contributed by atoms with Crippen molar-refractivity contribution < 1.29 is 18.2 Å². The Balaban J connectivity index is 0.00000280. The van der Waals surface area contributed by atoms with Crippen LogP contribution >= 0.6 is 12.4 Å². The number of nitrogens with one attached hydrogen (secondary N) is 1. The van der Waals surface area contributed by atoms with E-state index in [9.17, 15) is 8.76 Å². The highest BCUT2D eigenvalue weighted by atomic mass is 35.5. The second-order valence-corrected chi connectivity index (χ2v) is 6.99. The summed E-state index contributed by atoms with van der Waals surface area (Å²) in [5, 5.41) is 0.923. The highest BCUT2D eigenvalue weighted by molar-refractivity contribution is 7.77. The van der Waals surface area contributed by atoms with Crippen LogP contribution in [0.25, 0.3) is 10.9 Å². The molecule has 0 spiro atoms. The third kappa shape index (κ3) is 5.42. The summed E-state index contributed by atoms with van der Waals surface area (Å²) in [6, 6.07) is 3.78. The molecule has 2 heterocycles. The van der Waals surface area contributed by atoms with Gasteiger partial charge in [-0.05, 0) is 19.0 Å².